The zero-order valence-corrected chi connectivity index (χ0v) is 21.7. The van der Waals surface area contributed by atoms with Crippen molar-refractivity contribution >= 4 is 0 Å². The normalized spacial score (nSPS) is 45.8. The highest BCUT2D eigenvalue weighted by Gasteiger charge is 2.62. The molecule has 0 spiro atoms. The molecule has 0 aliphatic heterocycles. The van der Waals surface area contributed by atoms with E-state index in [0.717, 1.165) is 18.3 Å². The number of aliphatic hydroxyl groups excluding tert-OH is 1. The summed E-state index contributed by atoms with van der Waals surface area (Å²) < 4.78 is 0. The molecule has 0 unspecified atom stereocenters. The summed E-state index contributed by atoms with van der Waals surface area (Å²) in [5.74, 6) is 3.40. The highest BCUT2D eigenvalue weighted by atomic mass is 16.3. The molecule has 2 saturated carbocycles. The number of aliphatic hydroxyl groups is 1. The van der Waals surface area contributed by atoms with Gasteiger partial charge in [0.25, 0.3) is 0 Å². The van der Waals surface area contributed by atoms with Gasteiger partial charge in [0.1, 0.15) is 0 Å². The van der Waals surface area contributed by atoms with Gasteiger partial charge in [-0.15, -0.1) is 0 Å². The van der Waals surface area contributed by atoms with Gasteiger partial charge in [-0.3, -0.25) is 0 Å². The third-order valence-electron chi connectivity index (χ3n) is 11.8. The quantitative estimate of drug-likeness (QED) is 0.438. The van der Waals surface area contributed by atoms with Crippen LogP contribution in [0.4, 0.5) is 0 Å². The summed E-state index contributed by atoms with van der Waals surface area (Å²) in [5.41, 5.74) is 6.35. The molecule has 4 rings (SSSR count). The first kappa shape index (κ1) is 23.6. The number of fused-ring (bicyclic) bond motifs is 4. The molecule has 0 aromatic heterocycles. The maximum atomic E-state index is 10.6. The first-order valence-corrected chi connectivity index (χ1v) is 13.5. The minimum absolute atomic E-state index is 0.0815. The molecule has 0 radical (unpaired) electrons. The molecule has 0 aromatic carbocycles. The van der Waals surface area contributed by atoms with Crippen LogP contribution in [0, 0.1) is 45.8 Å². The van der Waals surface area contributed by atoms with Gasteiger partial charge in [0, 0.05) is 0 Å². The fourth-order valence-corrected chi connectivity index (χ4v) is 9.16. The minimum Gasteiger partial charge on any atom is -0.393 e. The van der Waals surface area contributed by atoms with Crippen LogP contribution in [0.25, 0.3) is 0 Å². The topological polar surface area (TPSA) is 20.2 Å². The van der Waals surface area contributed by atoms with Crippen LogP contribution >= 0.6 is 0 Å². The van der Waals surface area contributed by atoms with Gasteiger partial charge in [-0.25, -0.2) is 0 Å². The first-order chi connectivity index (χ1) is 14.5. The minimum atomic E-state index is -0.0815. The van der Waals surface area contributed by atoms with E-state index < -0.39 is 0 Å². The molecule has 31 heavy (non-hydrogen) atoms. The maximum Gasteiger partial charge on any atom is 0.0569 e. The predicted molar refractivity (Wildman–Crippen MR) is 133 cm³/mol. The largest absolute Gasteiger partial charge is 0.393 e. The second-order valence-electron chi connectivity index (χ2n) is 13.2. The number of rotatable bonds is 5. The fourth-order valence-electron chi connectivity index (χ4n) is 9.16. The molecular weight excluding hydrogens is 376 g/mol. The van der Waals surface area contributed by atoms with E-state index in [2.05, 4.69) is 55.0 Å². The van der Waals surface area contributed by atoms with Crippen LogP contribution in [0.3, 0.4) is 0 Å². The fraction of sp³-hybridized carbons (Fsp3) is 0.867. The highest BCUT2D eigenvalue weighted by Crippen LogP contribution is 2.71. The second kappa shape index (κ2) is 8.03. The van der Waals surface area contributed by atoms with Crippen molar-refractivity contribution in [2.45, 2.75) is 119 Å². The Balaban J connectivity index is 1.60. The van der Waals surface area contributed by atoms with Gasteiger partial charge >= 0.3 is 0 Å². The van der Waals surface area contributed by atoms with E-state index in [1.54, 1.807) is 0 Å². The van der Waals surface area contributed by atoms with Gasteiger partial charge < -0.3 is 5.11 Å². The lowest BCUT2D eigenvalue weighted by Gasteiger charge is -2.60. The van der Waals surface area contributed by atoms with Gasteiger partial charge in [0.2, 0.25) is 0 Å². The monoisotopic (exact) mass is 426 g/mol. The first-order valence-electron chi connectivity index (χ1n) is 13.5. The molecule has 0 aromatic rings. The number of hydrogen-bond donors (Lipinski definition) is 1. The molecule has 8 atom stereocenters. The Kier molecular flexibility index (Phi) is 6.11. The standard InChI is InChI=1S/C30H50O/c1-19(2)20(3)9-10-21(4)23-13-17-30(8)26-12-11-24-22(5)27(31)15-16-28(24,6)25(26)14-18-29(23,30)7/h19,21-24,27,31H,3,9-18H2,1-2,4-8H3/t21-,22+,23-,24-,27+,28-,29-,30-/m1/s1. The summed E-state index contributed by atoms with van der Waals surface area (Å²) in [6, 6.07) is 0. The lowest BCUT2D eigenvalue weighted by molar-refractivity contribution is -0.0413. The Labute approximate surface area is 193 Å². The van der Waals surface area contributed by atoms with Crippen LogP contribution in [0.1, 0.15) is 113 Å². The predicted octanol–water partition coefficient (Wildman–Crippen LogP) is 8.34. The van der Waals surface area contributed by atoms with Gasteiger partial charge in [-0.2, -0.15) is 0 Å². The number of hydrogen-bond acceptors (Lipinski definition) is 1. The Morgan fingerprint density at radius 1 is 1.00 bits per heavy atom. The lowest BCUT2D eigenvalue weighted by Crippen LogP contribution is -2.51. The molecule has 4 aliphatic rings. The van der Waals surface area contributed by atoms with Crippen LogP contribution in [-0.2, 0) is 0 Å². The summed E-state index contributed by atoms with van der Waals surface area (Å²) in [6.45, 7) is 21.7. The zero-order chi connectivity index (χ0) is 22.8. The van der Waals surface area contributed by atoms with Gasteiger partial charge in [-0.1, -0.05) is 71.8 Å². The summed E-state index contributed by atoms with van der Waals surface area (Å²) in [5, 5.41) is 10.6. The van der Waals surface area contributed by atoms with E-state index in [9.17, 15) is 5.11 Å². The molecule has 0 heterocycles. The number of allylic oxidation sites excluding steroid dienone is 3. The molecule has 4 aliphatic carbocycles. The van der Waals surface area contributed by atoms with Gasteiger partial charge in [-0.05, 0) is 110 Å². The molecule has 1 heteroatoms. The molecular formula is C30H50O. The SMILES string of the molecule is C=C(CC[C@@H](C)[C@H]1CC[C@]2(C)C3=C(CC[C@]12C)[C@]1(C)CC[C@H](O)[C@@H](C)[C@H]1CC3)C(C)C. The molecule has 0 bridgehead atoms. The molecule has 0 saturated heterocycles. The Morgan fingerprint density at radius 2 is 1.71 bits per heavy atom. The van der Waals surface area contributed by atoms with Crippen molar-refractivity contribution in [3.05, 3.63) is 23.3 Å². The summed E-state index contributed by atoms with van der Waals surface area (Å²) >= 11 is 0. The van der Waals surface area contributed by atoms with Crippen LogP contribution in [-0.4, -0.2) is 11.2 Å². The van der Waals surface area contributed by atoms with Crippen molar-refractivity contribution < 1.29 is 5.11 Å². The highest BCUT2D eigenvalue weighted by molar-refractivity contribution is 5.38. The zero-order valence-electron chi connectivity index (χ0n) is 21.7. The average molecular weight is 427 g/mol. The van der Waals surface area contributed by atoms with Gasteiger partial charge in [0.05, 0.1) is 6.10 Å². The van der Waals surface area contributed by atoms with E-state index in [4.69, 9.17) is 0 Å². The second-order valence-corrected chi connectivity index (χ2v) is 13.2. The molecule has 176 valence electrons. The molecule has 1 nitrogen and oxygen atoms in total. The lowest BCUT2D eigenvalue weighted by atomic mass is 9.45. The van der Waals surface area contributed by atoms with E-state index in [1.807, 2.05) is 11.1 Å². The van der Waals surface area contributed by atoms with Crippen molar-refractivity contribution in [2.24, 2.45) is 45.8 Å². The maximum absolute atomic E-state index is 10.6. The van der Waals surface area contributed by atoms with Crippen LogP contribution in [0.2, 0.25) is 0 Å². The third kappa shape index (κ3) is 3.43. The van der Waals surface area contributed by atoms with Crippen LogP contribution in [0.5, 0.6) is 0 Å². The van der Waals surface area contributed by atoms with Crippen molar-refractivity contribution in [2.75, 3.05) is 0 Å². The Morgan fingerprint density at radius 3 is 2.39 bits per heavy atom. The summed E-state index contributed by atoms with van der Waals surface area (Å²) in [4.78, 5) is 0. The van der Waals surface area contributed by atoms with Gasteiger partial charge in [0.15, 0.2) is 0 Å². The third-order valence-corrected chi connectivity index (χ3v) is 11.8. The van der Waals surface area contributed by atoms with E-state index in [-0.39, 0.29) is 6.10 Å². The van der Waals surface area contributed by atoms with E-state index in [0.29, 0.717) is 34.0 Å². The summed E-state index contributed by atoms with van der Waals surface area (Å²) in [7, 11) is 0. The van der Waals surface area contributed by atoms with Crippen molar-refractivity contribution in [3.63, 3.8) is 0 Å². The van der Waals surface area contributed by atoms with E-state index in [1.165, 1.54) is 63.4 Å². The van der Waals surface area contributed by atoms with Crippen molar-refractivity contribution in [1.82, 2.24) is 0 Å². The van der Waals surface area contributed by atoms with Crippen LogP contribution < -0.4 is 0 Å². The molecule has 2 fully saturated rings. The Bertz CT molecular complexity index is 746. The van der Waals surface area contributed by atoms with Crippen LogP contribution in [0.15, 0.2) is 23.3 Å². The molecule has 1 N–H and O–H groups in total. The molecule has 0 amide bonds. The summed E-state index contributed by atoms with van der Waals surface area (Å²) in [6.07, 6.45) is 12.7. The van der Waals surface area contributed by atoms with E-state index >= 15 is 0 Å². The van der Waals surface area contributed by atoms with Crippen molar-refractivity contribution in [1.29, 1.82) is 0 Å². The van der Waals surface area contributed by atoms with Crippen molar-refractivity contribution in [3.8, 4) is 0 Å². The average Bonchev–Trinajstić information content (AvgIpc) is 3.00. The smallest absolute Gasteiger partial charge is 0.0569 e. The Hall–Kier alpha value is -0.560.